The zero-order valence-corrected chi connectivity index (χ0v) is 19.3. The van der Waals surface area contributed by atoms with Crippen molar-refractivity contribution in [2.75, 3.05) is 33.4 Å². The number of carbonyl (C=O) groups is 3. The molecule has 1 atom stereocenters. The fourth-order valence-electron chi connectivity index (χ4n) is 3.83. The molecule has 0 N–H and O–H groups in total. The highest BCUT2D eigenvalue weighted by atomic mass is 16.5. The highest BCUT2D eigenvalue weighted by Gasteiger charge is 2.29. The van der Waals surface area contributed by atoms with E-state index in [9.17, 15) is 14.4 Å². The molecule has 1 aliphatic rings. The second-order valence-electron chi connectivity index (χ2n) is 8.03. The van der Waals surface area contributed by atoms with Gasteiger partial charge in [-0.2, -0.15) is 0 Å². The van der Waals surface area contributed by atoms with Crippen molar-refractivity contribution in [2.45, 2.75) is 58.9 Å². The lowest BCUT2D eigenvalue weighted by atomic mass is 9.97. The van der Waals surface area contributed by atoms with Gasteiger partial charge >= 0.3 is 5.97 Å². The number of amides is 2. The second kappa shape index (κ2) is 12.3. The molecule has 0 radical (unpaired) electrons. The standard InChI is InChI=1S/C24H36N2O5/c1-5-18(3)26(23(28)17-19-7-9-21(30-4)10-8-19)16-13-22(27)25-14-11-20(12-15-25)24(29)31-6-2/h7-10,18,20H,5-6,11-17H2,1-4H3. The molecular formula is C24H36N2O5. The van der Waals surface area contributed by atoms with Gasteiger partial charge < -0.3 is 19.3 Å². The number of nitrogens with zero attached hydrogens (tertiary/aromatic N) is 2. The van der Waals surface area contributed by atoms with Crippen LogP contribution in [0, 0.1) is 5.92 Å². The van der Waals surface area contributed by atoms with Gasteiger partial charge in [-0.25, -0.2) is 0 Å². The van der Waals surface area contributed by atoms with Gasteiger partial charge in [0.1, 0.15) is 5.75 Å². The Balaban J connectivity index is 1.88. The number of esters is 1. The maximum Gasteiger partial charge on any atom is 0.309 e. The van der Waals surface area contributed by atoms with Gasteiger partial charge in [-0.05, 0) is 50.8 Å². The van der Waals surface area contributed by atoms with Crippen molar-refractivity contribution in [3.8, 4) is 5.75 Å². The lowest BCUT2D eigenvalue weighted by molar-refractivity contribution is -0.151. The molecule has 1 aromatic rings. The van der Waals surface area contributed by atoms with Crippen LogP contribution in [0.4, 0.5) is 0 Å². The summed E-state index contributed by atoms with van der Waals surface area (Å²) >= 11 is 0. The molecule has 1 saturated heterocycles. The summed E-state index contributed by atoms with van der Waals surface area (Å²) in [4.78, 5) is 41.2. The summed E-state index contributed by atoms with van der Waals surface area (Å²) in [6, 6.07) is 7.54. The van der Waals surface area contributed by atoms with E-state index >= 15 is 0 Å². The maximum absolute atomic E-state index is 13.0. The van der Waals surface area contributed by atoms with E-state index in [0.29, 0.717) is 51.9 Å². The quantitative estimate of drug-likeness (QED) is 0.531. The zero-order valence-electron chi connectivity index (χ0n) is 19.3. The van der Waals surface area contributed by atoms with Crippen LogP contribution in [0.15, 0.2) is 24.3 Å². The lowest BCUT2D eigenvalue weighted by Gasteiger charge is -2.33. The fourth-order valence-corrected chi connectivity index (χ4v) is 3.83. The van der Waals surface area contributed by atoms with Gasteiger partial charge in [0.05, 0.1) is 26.1 Å². The molecule has 1 fully saturated rings. The molecule has 0 saturated carbocycles. The van der Waals surface area contributed by atoms with Crippen LogP contribution in [-0.2, 0) is 25.5 Å². The van der Waals surface area contributed by atoms with E-state index in [4.69, 9.17) is 9.47 Å². The number of hydrogen-bond acceptors (Lipinski definition) is 5. The lowest BCUT2D eigenvalue weighted by Crippen LogP contribution is -2.44. The highest BCUT2D eigenvalue weighted by Crippen LogP contribution is 2.20. The summed E-state index contributed by atoms with van der Waals surface area (Å²) < 4.78 is 10.3. The average Bonchev–Trinajstić information content (AvgIpc) is 2.79. The van der Waals surface area contributed by atoms with E-state index in [1.54, 1.807) is 18.9 Å². The number of benzene rings is 1. The molecule has 7 heteroatoms. The van der Waals surface area contributed by atoms with Crippen LogP contribution in [0.5, 0.6) is 5.75 Å². The first-order chi connectivity index (χ1) is 14.9. The number of hydrogen-bond donors (Lipinski definition) is 0. The van der Waals surface area contributed by atoms with Crippen molar-refractivity contribution < 1.29 is 23.9 Å². The third-order valence-corrected chi connectivity index (χ3v) is 5.99. The normalized spacial score (nSPS) is 15.3. The number of carbonyl (C=O) groups excluding carboxylic acids is 3. The molecule has 1 unspecified atom stereocenters. The molecular weight excluding hydrogens is 396 g/mol. The molecule has 2 rings (SSSR count). The minimum absolute atomic E-state index is 0.0216. The Morgan fingerprint density at radius 2 is 1.77 bits per heavy atom. The third kappa shape index (κ3) is 7.26. The van der Waals surface area contributed by atoms with Crippen LogP contribution < -0.4 is 4.74 Å². The van der Waals surface area contributed by atoms with Crippen LogP contribution in [0.2, 0.25) is 0 Å². The zero-order chi connectivity index (χ0) is 22.8. The molecule has 1 aromatic carbocycles. The third-order valence-electron chi connectivity index (χ3n) is 5.99. The Morgan fingerprint density at radius 1 is 1.13 bits per heavy atom. The van der Waals surface area contributed by atoms with Gasteiger partial charge in [0.15, 0.2) is 0 Å². The van der Waals surface area contributed by atoms with Gasteiger partial charge in [-0.1, -0.05) is 19.1 Å². The molecule has 1 heterocycles. The minimum Gasteiger partial charge on any atom is -0.497 e. The first-order valence-corrected chi connectivity index (χ1v) is 11.3. The van der Waals surface area contributed by atoms with Crippen LogP contribution in [0.25, 0.3) is 0 Å². The van der Waals surface area contributed by atoms with Crippen molar-refractivity contribution in [1.29, 1.82) is 0 Å². The molecule has 0 spiro atoms. The van der Waals surface area contributed by atoms with Crippen molar-refractivity contribution in [3.63, 3.8) is 0 Å². The van der Waals surface area contributed by atoms with Crippen LogP contribution >= 0.6 is 0 Å². The van der Waals surface area contributed by atoms with Crippen molar-refractivity contribution in [3.05, 3.63) is 29.8 Å². The second-order valence-corrected chi connectivity index (χ2v) is 8.03. The summed E-state index contributed by atoms with van der Waals surface area (Å²) in [5.41, 5.74) is 0.923. The summed E-state index contributed by atoms with van der Waals surface area (Å²) in [5, 5.41) is 0. The van der Waals surface area contributed by atoms with Crippen molar-refractivity contribution in [1.82, 2.24) is 9.80 Å². The Labute approximate surface area is 185 Å². The Kier molecular flexibility index (Phi) is 9.82. The van der Waals surface area contributed by atoms with Gasteiger partial charge in [-0.3, -0.25) is 14.4 Å². The van der Waals surface area contributed by atoms with Crippen LogP contribution in [-0.4, -0.2) is 67.0 Å². The molecule has 2 amide bonds. The number of likely N-dealkylation sites (tertiary alicyclic amines) is 1. The number of ether oxygens (including phenoxy) is 2. The highest BCUT2D eigenvalue weighted by molar-refractivity contribution is 5.81. The Hall–Kier alpha value is -2.57. The van der Waals surface area contributed by atoms with Gasteiger partial charge in [0, 0.05) is 32.1 Å². The average molecular weight is 433 g/mol. The molecule has 7 nitrogen and oxygen atoms in total. The molecule has 0 bridgehead atoms. The molecule has 0 aliphatic carbocycles. The first kappa shape index (κ1) is 24.7. The van der Waals surface area contributed by atoms with E-state index in [1.807, 2.05) is 43.0 Å². The summed E-state index contributed by atoms with van der Waals surface area (Å²) in [6.07, 6.45) is 2.69. The Bertz CT molecular complexity index is 726. The monoisotopic (exact) mass is 432 g/mol. The molecule has 172 valence electrons. The van der Waals surface area contributed by atoms with E-state index in [-0.39, 0.29) is 29.7 Å². The van der Waals surface area contributed by atoms with Crippen molar-refractivity contribution in [2.24, 2.45) is 5.92 Å². The Morgan fingerprint density at radius 3 is 2.32 bits per heavy atom. The molecule has 1 aliphatic heterocycles. The largest absolute Gasteiger partial charge is 0.497 e. The summed E-state index contributed by atoms with van der Waals surface area (Å²) in [7, 11) is 1.61. The van der Waals surface area contributed by atoms with Gasteiger partial charge in [0.25, 0.3) is 0 Å². The van der Waals surface area contributed by atoms with E-state index < -0.39 is 0 Å². The van der Waals surface area contributed by atoms with Crippen molar-refractivity contribution >= 4 is 17.8 Å². The maximum atomic E-state index is 13.0. The van der Waals surface area contributed by atoms with E-state index in [1.165, 1.54) is 0 Å². The van der Waals surface area contributed by atoms with Crippen LogP contribution in [0.1, 0.15) is 52.0 Å². The first-order valence-electron chi connectivity index (χ1n) is 11.3. The molecule has 31 heavy (non-hydrogen) atoms. The van der Waals surface area contributed by atoms with Crippen LogP contribution in [0.3, 0.4) is 0 Å². The number of rotatable bonds is 10. The summed E-state index contributed by atoms with van der Waals surface area (Å²) in [5.74, 6) is 0.530. The predicted molar refractivity (Wildman–Crippen MR) is 119 cm³/mol. The molecule has 0 aromatic heterocycles. The topological polar surface area (TPSA) is 76.2 Å². The summed E-state index contributed by atoms with van der Waals surface area (Å²) in [6.45, 7) is 7.77. The van der Waals surface area contributed by atoms with E-state index in [2.05, 4.69) is 0 Å². The predicted octanol–water partition coefficient (Wildman–Crippen LogP) is 3.06. The smallest absolute Gasteiger partial charge is 0.309 e. The number of piperidine rings is 1. The number of methoxy groups -OCH3 is 1. The van der Waals surface area contributed by atoms with Gasteiger partial charge in [0.2, 0.25) is 11.8 Å². The fraction of sp³-hybridized carbons (Fsp3) is 0.625. The van der Waals surface area contributed by atoms with E-state index in [0.717, 1.165) is 17.7 Å². The van der Waals surface area contributed by atoms with Gasteiger partial charge in [-0.15, -0.1) is 0 Å². The minimum atomic E-state index is -0.165. The SMILES string of the molecule is CCOC(=O)C1CCN(C(=O)CCN(C(=O)Cc2ccc(OC)cc2)C(C)CC)CC1.